The van der Waals surface area contributed by atoms with Gasteiger partial charge in [0.1, 0.15) is 0 Å². The van der Waals surface area contributed by atoms with Gasteiger partial charge in [-0.05, 0) is 24.3 Å². The number of pyridine rings is 1. The van der Waals surface area contributed by atoms with Crippen LogP contribution in [0.5, 0.6) is 0 Å². The van der Waals surface area contributed by atoms with E-state index in [1.54, 1.807) is 36.9 Å². The molecule has 78 valence electrons. The van der Waals surface area contributed by atoms with Crippen LogP contribution >= 0.6 is 0 Å². The molecule has 2 aromatic heterocycles. The van der Waals surface area contributed by atoms with Crippen molar-refractivity contribution >= 4 is 6.41 Å². The number of carbonyl (C=O) groups is 1. The maximum Gasteiger partial charge on any atom is 0.243 e. The molecule has 0 fully saturated rings. The first-order chi connectivity index (χ1) is 7.34. The fraction of sp³-hybridized carbons (Fsp3) is 0. The number of rotatable bonds is 2. The summed E-state index contributed by atoms with van der Waals surface area (Å²) in [6.45, 7) is 0. The third-order valence-electron chi connectivity index (χ3n) is 1.53. The standard InChI is InChI=1S/C5H7N3O.C5H5N/c6-8(5-9)7-3-1-2-4-7;1-2-4-6-5-3-1/h1-5H,6H2;1-5H. The molecule has 5 heteroatoms. The molecule has 0 spiro atoms. The fourth-order valence-corrected chi connectivity index (χ4v) is 0.846. The molecule has 0 aromatic carbocycles. The Kier molecular flexibility index (Phi) is 4.62. The third kappa shape index (κ3) is 4.06. The highest BCUT2D eigenvalue weighted by molar-refractivity contribution is 5.58. The summed E-state index contributed by atoms with van der Waals surface area (Å²) in [5.74, 6) is 5.17. The van der Waals surface area contributed by atoms with Gasteiger partial charge < -0.3 is 0 Å². The molecule has 0 bridgehead atoms. The van der Waals surface area contributed by atoms with Crippen molar-refractivity contribution in [2.24, 2.45) is 5.84 Å². The quantitative estimate of drug-likeness (QED) is 0.336. The second-order valence-corrected chi connectivity index (χ2v) is 2.57. The van der Waals surface area contributed by atoms with Gasteiger partial charge in [0, 0.05) is 24.8 Å². The minimum atomic E-state index is 0.528. The fourth-order valence-electron chi connectivity index (χ4n) is 0.846. The first kappa shape index (κ1) is 10.9. The Hall–Kier alpha value is -2.14. The normalized spacial score (nSPS) is 8.60. The van der Waals surface area contributed by atoms with Crippen LogP contribution in [-0.4, -0.2) is 16.1 Å². The molecular weight excluding hydrogens is 192 g/mol. The Balaban J connectivity index is 0.000000162. The van der Waals surface area contributed by atoms with E-state index in [9.17, 15) is 4.79 Å². The van der Waals surface area contributed by atoms with Crippen LogP contribution in [0.3, 0.4) is 0 Å². The zero-order valence-electron chi connectivity index (χ0n) is 8.10. The number of nitrogens with zero attached hydrogens (tertiary/aromatic N) is 3. The van der Waals surface area contributed by atoms with Gasteiger partial charge in [0.05, 0.1) is 0 Å². The van der Waals surface area contributed by atoms with Crippen molar-refractivity contribution in [1.29, 1.82) is 0 Å². The van der Waals surface area contributed by atoms with Gasteiger partial charge in [0.25, 0.3) is 0 Å². The van der Waals surface area contributed by atoms with Crippen LogP contribution in [0, 0.1) is 0 Å². The molecule has 0 radical (unpaired) electrons. The van der Waals surface area contributed by atoms with E-state index < -0.39 is 0 Å². The lowest BCUT2D eigenvalue weighted by atomic mass is 10.5. The number of aromatic nitrogens is 2. The van der Waals surface area contributed by atoms with E-state index >= 15 is 0 Å². The molecule has 0 atom stereocenters. The Morgan fingerprint density at radius 3 is 2.00 bits per heavy atom. The number of hydrogen-bond acceptors (Lipinski definition) is 3. The van der Waals surface area contributed by atoms with Crippen LogP contribution in [0.1, 0.15) is 0 Å². The molecule has 2 aromatic rings. The Bertz CT molecular complexity index is 333. The van der Waals surface area contributed by atoms with Gasteiger partial charge in [0.2, 0.25) is 6.41 Å². The molecule has 0 aliphatic carbocycles. The van der Waals surface area contributed by atoms with E-state index in [2.05, 4.69) is 4.98 Å². The van der Waals surface area contributed by atoms with Gasteiger partial charge in [-0.1, -0.05) is 6.07 Å². The zero-order valence-corrected chi connectivity index (χ0v) is 8.10. The molecule has 0 aliphatic rings. The van der Waals surface area contributed by atoms with Crippen molar-refractivity contribution in [2.75, 3.05) is 5.12 Å². The molecule has 0 unspecified atom stereocenters. The van der Waals surface area contributed by atoms with E-state index in [0.717, 1.165) is 5.12 Å². The number of hydrogen-bond donors (Lipinski definition) is 1. The van der Waals surface area contributed by atoms with E-state index in [-0.39, 0.29) is 0 Å². The second-order valence-electron chi connectivity index (χ2n) is 2.57. The Labute approximate surface area is 87.7 Å². The largest absolute Gasteiger partial charge is 0.275 e. The minimum absolute atomic E-state index is 0.528. The van der Waals surface area contributed by atoms with Gasteiger partial charge in [0.15, 0.2) is 0 Å². The maximum absolute atomic E-state index is 9.98. The molecule has 0 saturated heterocycles. The summed E-state index contributed by atoms with van der Waals surface area (Å²) in [6.07, 6.45) is 7.38. The molecular formula is C10H12N4O. The monoisotopic (exact) mass is 204 g/mol. The van der Waals surface area contributed by atoms with Crippen LogP contribution < -0.4 is 11.0 Å². The lowest BCUT2D eigenvalue weighted by Crippen LogP contribution is -2.38. The van der Waals surface area contributed by atoms with Crippen molar-refractivity contribution < 1.29 is 4.79 Å². The summed E-state index contributed by atoms with van der Waals surface area (Å²) in [5, 5.41) is 0.944. The van der Waals surface area contributed by atoms with Gasteiger partial charge in [-0.15, -0.1) is 0 Å². The molecule has 2 heterocycles. The van der Waals surface area contributed by atoms with Crippen molar-refractivity contribution in [3.8, 4) is 0 Å². The van der Waals surface area contributed by atoms with Crippen LogP contribution in [0.15, 0.2) is 55.1 Å². The maximum atomic E-state index is 9.98. The van der Waals surface area contributed by atoms with Gasteiger partial charge >= 0.3 is 0 Å². The highest BCUT2D eigenvalue weighted by Gasteiger charge is 1.90. The van der Waals surface area contributed by atoms with Crippen molar-refractivity contribution in [3.63, 3.8) is 0 Å². The summed E-state index contributed by atoms with van der Waals surface area (Å²) in [4.78, 5) is 13.8. The number of carbonyl (C=O) groups excluding carboxylic acids is 1. The number of hydrazine groups is 1. The number of amides is 1. The topological polar surface area (TPSA) is 64.2 Å². The highest BCUT2D eigenvalue weighted by atomic mass is 16.2. The lowest BCUT2D eigenvalue weighted by Gasteiger charge is -2.09. The molecule has 2 N–H and O–H groups in total. The SMILES string of the molecule is NN(C=O)n1cccc1.c1ccncc1. The third-order valence-corrected chi connectivity index (χ3v) is 1.53. The smallest absolute Gasteiger partial charge is 0.243 e. The van der Waals surface area contributed by atoms with E-state index in [1.807, 2.05) is 18.2 Å². The summed E-state index contributed by atoms with van der Waals surface area (Å²) in [5.41, 5.74) is 0. The lowest BCUT2D eigenvalue weighted by molar-refractivity contribution is -0.108. The summed E-state index contributed by atoms with van der Waals surface area (Å²) in [6, 6.07) is 9.28. The van der Waals surface area contributed by atoms with E-state index in [0.29, 0.717) is 6.41 Å². The van der Waals surface area contributed by atoms with Crippen molar-refractivity contribution in [3.05, 3.63) is 55.1 Å². The summed E-state index contributed by atoms with van der Waals surface area (Å²) < 4.78 is 1.47. The average molecular weight is 204 g/mol. The predicted molar refractivity (Wildman–Crippen MR) is 57.1 cm³/mol. The van der Waals surface area contributed by atoms with Crippen molar-refractivity contribution in [2.45, 2.75) is 0 Å². The Morgan fingerprint density at radius 2 is 1.67 bits per heavy atom. The summed E-state index contributed by atoms with van der Waals surface area (Å²) >= 11 is 0. The van der Waals surface area contributed by atoms with Crippen molar-refractivity contribution in [1.82, 2.24) is 9.66 Å². The molecule has 0 saturated carbocycles. The molecule has 1 amide bonds. The average Bonchev–Trinajstić information content (AvgIpc) is 2.85. The predicted octanol–water partition coefficient (Wildman–Crippen LogP) is 0.538. The van der Waals surface area contributed by atoms with Gasteiger partial charge in [-0.3, -0.25) is 14.5 Å². The van der Waals surface area contributed by atoms with Crippen LogP contribution in [0.4, 0.5) is 0 Å². The van der Waals surface area contributed by atoms with Crippen LogP contribution in [-0.2, 0) is 4.79 Å². The Morgan fingerprint density at radius 1 is 1.07 bits per heavy atom. The number of nitrogens with two attached hydrogens (primary N) is 1. The molecule has 5 nitrogen and oxygen atoms in total. The zero-order chi connectivity index (χ0) is 10.9. The van der Waals surface area contributed by atoms with Gasteiger partial charge in [-0.2, -0.15) is 5.12 Å². The molecule has 2 rings (SSSR count). The van der Waals surface area contributed by atoms with Crippen LogP contribution in [0.2, 0.25) is 0 Å². The first-order valence-corrected chi connectivity index (χ1v) is 4.32. The summed E-state index contributed by atoms with van der Waals surface area (Å²) in [7, 11) is 0. The molecule has 15 heavy (non-hydrogen) atoms. The highest BCUT2D eigenvalue weighted by Crippen LogP contribution is 1.85. The molecule has 0 aliphatic heterocycles. The van der Waals surface area contributed by atoms with Crippen LogP contribution in [0.25, 0.3) is 0 Å². The van der Waals surface area contributed by atoms with E-state index in [4.69, 9.17) is 5.84 Å². The first-order valence-electron chi connectivity index (χ1n) is 4.32. The van der Waals surface area contributed by atoms with E-state index in [1.165, 1.54) is 4.68 Å². The van der Waals surface area contributed by atoms with Gasteiger partial charge in [-0.25, -0.2) is 5.84 Å². The second kappa shape index (κ2) is 6.33. The minimum Gasteiger partial charge on any atom is -0.275 e.